The number of fused-ring (bicyclic) bond motifs is 1. The fourth-order valence-corrected chi connectivity index (χ4v) is 3.89. The van der Waals surface area contributed by atoms with Crippen LogP contribution >= 0.6 is 0 Å². The Kier molecular flexibility index (Phi) is 6.29. The lowest BCUT2D eigenvalue weighted by molar-refractivity contribution is -0.126. The molecule has 1 aromatic heterocycles. The van der Waals surface area contributed by atoms with Crippen LogP contribution in [-0.4, -0.2) is 58.7 Å². The number of hydrogen-bond acceptors (Lipinski definition) is 4. The number of hydrogen-bond donors (Lipinski definition) is 1. The topological polar surface area (TPSA) is 70.5 Å². The predicted molar refractivity (Wildman–Crippen MR) is 101 cm³/mol. The quantitative estimate of drug-likeness (QED) is 0.783. The molecule has 144 valence electrons. The first-order valence-electron chi connectivity index (χ1n) is 9.93. The van der Waals surface area contributed by atoms with Crippen molar-refractivity contribution in [2.75, 3.05) is 31.1 Å². The molecule has 2 aliphatic rings. The Balaban J connectivity index is 1.49. The minimum absolute atomic E-state index is 0.00961. The lowest BCUT2D eigenvalue weighted by atomic mass is 10.2. The van der Waals surface area contributed by atoms with E-state index in [1.165, 1.54) is 38.8 Å². The molecule has 0 unspecified atom stereocenters. The van der Waals surface area contributed by atoms with Crippen molar-refractivity contribution in [1.82, 2.24) is 20.0 Å². The standard InChI is InChI=1S/C19H31N5O2/c1-15-14-17-23(21-15)13-8-18(25)24(17)16(2)19(26)20-9-7-12-22-10-5-3-4-6-11-22/h14,16H,3-13H2,1-2H3,(H,20,26)/t16-/m1/s1. The summed E-state index contributed by atoms with van der Waals surface area (Å²) in [5.41, 5.74) is 0.866. The van der Waals surface area contributed by atoms with Gasteiger partial charge < -0.3 is 10.2 Å². The average molecular weight is 361 g/mol. The number of rotatable bonds is 6. The van der Waals surface area contributed by atoms with Gasteiger partial charge in [0.15, 0.2) is 0 Å². The van der Waals surface area contributed by atoms with Crippen molar-refractivity contribution in [2.24, 2.45) is 0 Å². The van der Waals surface area contributed by atoms with Gasteiger partial charge in [-0.05, 0) is 52.7 Å². The van der Waals surface area contributed by atoms with Crippen LogP contribution in [0.2, 0.25) is 0 Å². The number of anilines is 1. The molecule has 1 fully saturated rings. The lowest BCUT2D eigenvalue weighted by Gasteiger charge is -2.32. The summed E-state index contributed by atoms with van der Waals surface area (Å²) >= 11 is 0. The van der Waals surface area contributed by atoms with Gasteiger partial charge in [-0.1, -0.05) is 12.8 Å². The van der Waals surface area contributed by atoms with Gasteiger partial charge in [-0.3, -0.25) is 14.5 Å². The van der Waals surface area contributed by atoms with E-state index >= 15 is 0 Å². The van der Waals surface area contributed by atoms with Crippen LogP contribution in [0.3, 0.4) is 0 Å². The molecule has 3 rings (SSSR count). The van der Waals surface area contributed by atoms with E-state index in [0.29, 0.717) is 19.5 Å². The molecule has 1 saturated heterocycles. The fourth-order valence-electron chi connectivity index (χ4n) is 3.89. The summed E-state index contributed by atoms with van der Waals surface area (Å²) in [5.74, 6) is 0.622. The van der Waals surface area contributed by atoms with Crippen LogP contribution < -0.4 is 10.2 Å². The number of amides is 2. The number of carbonyl (C=O) groups excluding carboxylic acids is 2. The van der Waals surface area contributed by atoms with E-state index in [0.717, 1.165) is 24.5 Å². The highest BCUT2D eigenvalue weighted by Crippen LogP contribution is 2.24. The maximum Gasteiger partial charge on any atom is 0.242 e. The van der Waals surface area contributed by atoms with Crippen LogP contribution in [0, 0.1) is 6.92 Å². The van der Waals surface area contributed by atoms with E-state index in [-0.39, 0.29) is 11.8 Å². The summed E-state index contributed by atoms with van der Waals surface area (Å²) in [6.45, 7) is 8.32. The third kappa shape index (κ3) is 4.44. The first-order valence-corrected chi connectivity index (χ1v) is 9.93. The summed E-state index contributed by atoms with van der Waals surface area (Å²) in [7, 11) is 0. The molecule has 0 saturated carbocycles. The van der Waals surface area contributed by atoms with Crippen molar-refractivity contribution in [2.45, 2.75) is 65.0 Å². The van der Waals surface area contributed by atoms with Gasteiger partial charge in [0, 0.05) is 19.0 Å². The van der Waals surface area contributed by atoms with Crippen molar-refractivity contribution >= 4 is 17.6 Å². The Morgan fingerprint density at radius 2 is 1.96 bits per heavy atom. The second-order valence-electron chi connectivity index (χ2n) is 7.46. The number of nitrogens with zero attached hydrogens (tertiary/aromatic N) is 4. The molecule has 1 N–H and O–H groups in total. The highest BCUT2D eigenvalue weighted by molar-refractivity contribution is 6.00. The van der Waals surface area contributed by atoms with E-state index in [4.69, 9.17) is 0 Å². The Bertz CT molecular complexity index is 634. The molecule has 1 atom stereocenters. The van der Waals surface area contributed by atoms with E-state index in [2.05, 4.69) is 15.3 Å². The van der Waals surface area contributed by atoms with Crippen LogP contribution in [0.5, 0.6) is 0 Å². The molecular weight excluding hydrogens is 330 g/mol. The molecule has 7 nitrogen and oxygen atoms in total. The highest BCUT2D eigenvalue weighted by Gasteiger charge is 2.32. The Morgan fingerprint density at radius 3 is 2.69 bits per heavy atom. The van der Waals surface area contributed by atoms with Gasteiger partial charge in [0.25, 0.3) is 0 Å². The summed E-state index contributed by atoms with van der Waals surface area (Å²) in [5, 5.41) is 7.40. The third-order valence-electron chi connectivity index (χ3n) is 5.35. The molecule has 0 aliphatic carbocycles. The van der Waals surface area contributed by atoms with Gasteiger partial charge in [0.05, 0.1) is 12.2 Å². The van der Waals surface area contributed by atoms with Gasteiger partial charge >= 0.3 is 0 Å². The zero-order valence-electron chi connectivity index (χ0n) is 16.0. The maximum absolute atomic E-state index is 12.6. The summed E-state index contributed by atoms with van der Waals surface area (Å²) < 4.78 is 1.82. The number of nitrogens with one attached hydrogen (secondary N) is 1. The summed E-state index contributed by atoms with van der Waals surface area (Å²) in [6, 6.07) is 1.36. The van der Waals surface area contributed by atoms with Gasteiger partial charge in [-0.2, -0.15) is 5.10 Å². The highest BCUT2D eigenvalue weighted by atomic mass is 16.2. The zero-order chi connectivity index (χ0) is 18.5. The normalized spacial score (nSPS) is 19.8. The van der Waals surface area contributed by atoms with Crippen molar-refractivity contribution in [1.29, 1.82) is 0 Å². The molecule has 0 radical (unpaired) electrons. The average Bonchev–Trinajstić information content (AvgIpc) is 2.82. The molecule has 7 heteroatoms. The minimum atomic E-state index is -0.518. The maximum atomic E-state index is 12.6. The van der Waals surface area contributed by atoms with Gasteiger partial charge in [-0.15, -0.1) is 0 Å². The van der Waals surface area contributed by atoms with Crippen LogP contribution in [0.1, 0.15) is 51.1 Å². The van der Waals surface area contributed by atoms with E-state index in [9.17, 15) is 9.59 Å². The third-order valence-corrected chi connectivity index (χ3v) is 5.35. The smallest absolute Gasteiger partial charge is 0.242 e. The molecule has 2 aliphatic heterocycles. The molecule has 1 aromatic rings. The number of carbonyl (C=O) groups is 2. The first kappa shape index (κ1) is 18.9. The van der Waals surface area contributed by atoms with E-state index < -0.39 is 6.04 Å². The van der Waals surface area contributed by atoms with E-state index in [1.54, 1.807) is 11.8 Å². The van der Waals surface area contributed by atoms with Crippen LogP contribution in [0.15, 0.2) is 6.07 Å². The first-order chi connectivity index (χ1) is 12.6. The molecule has 3 heterocycles. The Labute approximate surface area is 155 Å². The van der Waals surface area contributed by atoms with Crippen molar-refractivity contribution in [3.63, 3.8) is 0 Å². The van der Waals surface area contributed by atoms with Gasteiger partial charge in [-0.25, -0.2) is 4.68 Å². The second kappa shape index (κ2) is 8.66. The van der Waals surface area contributed by atoms with E-state index in [1.807, 2.05) is 17.7 Å². The molecular formula is C19H31N5O2. The molecule has 0 aromatic carbocycles. The monoisotopic (exact) mass is 361 g/mol. The van der Waals surface area contributed by atoms with Gasteiger partial charge in [0.1, 0.15) is 11.9 Å². The Morgan fingerprint density at radius 1 is 1.23 bits per heavy atom. The largest absolute Gasteiger partial charge is 0.354 e. The number of aromatic nitrogens is 2. The second-order valence-corrected chi connectivity index (χ2v) is 7.46. The SMILES string of the molecule is Cc1cc2n(n1)CCC(=O)N2[C@H](C)C(=O)NCCCN1CCCCCC1. The summed E-state index contributed by atoms with van der Waals surface area (Å²) in [4.78, 5) is 29.0. The molecule has 26 heavy (non-hydrogen) atoms. The zero-order valence-corrected chi connectivity index (χ0v) is 16.0. The van der Waals surface area contributed by atoms with Crippen molar-refractivity contribution in [3.8, 4) is 0 Å². The molecule has 0 bridgehead atoms. The van der Waals surface area contributed by atoms with Crippen molar-refractivity contribution < 1.29 is 9.59 Å². The number of likely N-dealkylation sites (tertiary alicyclic amines) is 1. The van der Waals surface area contributed by atoms with Gasteiger partial charge in [0.2, 0.25) is 11.8 Å². The molecule has 2 amide bonds. The Hall–Kier alpha value is -1.89. The minimum Gasteiger partial charge on any atom is -0.354 e. The summed E-state index contributed by atoms with van der Waals surface area (Å²) in [6.07, 6.45) is 6.58. The lowest BCUT2D eigenvalue weighted by Crippen LogP contribution is -2.51. The van der Waals surface area contributed by atoms with Crippen LogP contribution in [-0.2, 0) is 16.1 Å². The molecule has 0 spiro atoms. The number of aryl methyl sites for hydroxylation is 2. The van der Waals surface area contributed by atoms with Crippen molar-refractivity contribution in [3.05, 3.63) is 11.8 Å². The predicted octanol–water partition coefficient (Wildman–Crippen LogP) is 1.70. The van der Waals surface area contributed by atoms with Crippen LogP contribution in [0.25, 0.3) is 0 Å². The van der Waals surface area contributed by atoms with Crippen LogP contribution in [0.4, 0.5) is 5.82 Å². The fraction of sp³-hybridized carbons (Fsp3) is 0.737.